The Balaban J connectivity index is 1.80. The average Bonchev–Trinajstić information content (AvgIpc) is 2.95. The van der Waals surface area contributed by atoms with Crippen LogP contribution in [0.3, 0.4) is 0 Å². The molecule has 140 valence electrons. The molecule has 2 saturated carbocycles. The van der Waals surface area contributed by atoms with Gasteiger partial charge in [-0.25, -0.2) is 0 Å². The van der Waals surface area contributed by atoms with Gasteiger partial charge in [0.25, 0.3) is 0 Å². The SMILES string of the molecule is CCc1ccc2c3c1OC1C(OC)C(C(C)=O)CC4(C)C(CCCC314)C2. The van der Waals surface area contributed by atoms with Gasteiger partial charge in [-0.3, -0.25) is 4.79 Å². The van der Waals surface area contributed by atoms with E-state index in [2.05, 4.69) is 26.0 Å². The number of hydrogen-bond donors (Lipinski definition) is 0. The number of carbonyl (C=O) groups excluding carboxylic acids is 1. The lowest BCUT2D eigenvalue weighted by atomic mass is 9.39. The van der Waals surface area contributed by atoms with Gasteiger partial charge < -0.3 is 9.47 Å². The molecule has 1 spiro atoms. The molecule has 0 amide bonds. The second kappa shape index (κ2) is 5.34. The minimum Gasteiger partial charge on any atom is -0.486 e. The summed E-state index contributed by atoms with van der Waals surface area (Å²) in [5, 5.41) is 0. The van der Waals surface area contributed by atoms with Crippen LogP contribution in [0.5, 0.6) is 5.75 Å². The van der Waals surface area contributed by atoms with E-state index in [-0.39, 0.29) is 34.7 Å². The van der Waals surface area contributed by atoms with Gasteiger partial charge in [-0.15, -0.1) is 0 Å². The molecule has 6 atom stereocenters. The van der Waals surface area contributed by atoms with Crippen LogP contribution < -0.4 is 4.74 Å². The number of carbonyl (C=O) groups is 1. The summed E-state index contributed by atoms with van der Waals surface area (Å²) >= 11 is 0. The molecule has 0 N–H and O–H groups in total. The maximum absolute atomic E-state index is 12.6. The number of benzene rings is 1. The highest BCUT2D eigenvalue weighted by Gasteiger charge is 2.71. The average molecular weight is 354 g/mol. The Morgan fingerprint density at radius 2 is 2.19 bits per heavy atom. The molecule has 3 aliphatic carbocycles. The molecule has 2 bridgehead atoms. The van der Waals surface area contributed by atoms with Crippen LogP contribution in [0.2, 0.25) is 0 Å². The molecule has 0 radical (unpaired) electrons. The van der Waals surface area contributed by atoms with Crippen molar-refractivity contribution in [3.63, 3.8) is 0 Å². The third-order valence-electron chi connectivity index (χ3n) is 8.53. The topological polar surface area (TPSA) is 35.5 Å². The summed E-state index contributed by atoms with van der Waals surface area (Å²) in [5.41, 5.74) is 4.46. The van der Waals surface area contributed by atoms with E-state index in [0.29, 0.717) is 5.92 Å². The molecular formula is C23H30O3. The Labute approximate surface area is 156 Å². The van der Waals surface area contributed by atoms with Gasteiger partial charge in [-0.2, -0.15) is 0 Å². The Morgan fingerprint density at radius 1 is 1.38 bits per heavy atom. The standard InChI is InChI=1S/C23H30O3/c1-5-14-8-9-15-11-16-7-6-10-23-18(15)19(14)26-21(23)20(25-4)17(13(2)24)12-22(16,23)3/h8-9,16-17,20-21H,5-7,10-12H2,1-4H3. The molecule has 26 heavy (non-hydrogen) atoms. The molecule has 0 saturated heterocycles. The number of aryl methyl sites for hydroxylation is 1. The lowest BCUT2D eigenvalue weighted by Gasteiger charge is -2.64. The number of hydrogen-bond acceptors (Lipinski definition) is 3. The number of ketones is 1. The summed E-state index contributed by atoms with van der Waals surface area (Å²) < 4.78 is 12.8. The van der Waals surface area contributed by atoms with Crippen molar-refractivity contribution in [3.05, 3.63) is 28.8 Å². The van der Waals surface area contributed by atoms with E-state index in [0.717, 1.165) is 25.0 Å². The molecule has 2 fully saturated rings. The Hall–Kier alpha value is -1.35. The van der Waals surface area contributed by atoms with Crippen molar-refractivity contribution in [2.45, 2.75) is 76.9 Å². The highest BCUT2D eigenvalue weighted by Crippen LogP contribution is 2.71. The Kier molecular flexibility index (Phi) is 3.45. The predicted octanol–water partition coefficient (Wildman–Crippen LogP) is 4.23. The van der Waals surface area contributed by atoms with Gasteiger partial charge in [0.15, 0.2) is 0 Å². The highest BCUT2D eigenvalue weighted by atomic mass is 16.5. The fourth-order valence-electron chi connectivity index (χ4n) is 7.32. The van der Waals surface area contributed by atoms with Gasteiger partial charge in [0.2, 0.25) is 0 Å². The summed E-state index contributed by atoms with van der Waals surface area (Å²) in [6.45, 7) is 6.41. The maximum Gasteiger partial charge on any atom is 0.136 e. The lowest BCUT2D eigenvalue weighted by molar-refractivity contribution is -0.175. The molecule has 1 aliphatic heterocycles. The van der Waals surface area contributed by atoms with Crippen LogP contribution in [0, 0.1) is 17.3 Å². The molecule has 5 rings (SSSR count). The number of ether oxygens (including phenoxy) is 2. The zero-order valence-electron chi connectivity index (χ0n) is 16.4. The van der Waals surface area contributed by atoms with Gasteiger partial charge in [-0.05, 0) is 61.5 Å². The predicted molar refractivity (Wildman–Crippen MR) is 101 cm³/mol. The lowest BCUT2D eigenvalue weighted by Crippen LogP contribution is -2.68. The first-order valence-corrected chi connectivity index (χ1v) is 10.3. The molecule has 4 aliphatic rings. The van der Waals surface area contributed by atoms with Crippen LogP contribution in [0.1, 0.15) is 63.1 Å². The molecule has 6 unspecified atom stereocenters. The zero-order chi connectivity index (χ0) is 18.3. The van der Waals surface area contributed by atoms with Gasteiger partial charge in [-0.1, -0.05) is 32.4 Å². The molecule has 1 heterocycles. The molecule has 0 aromatic heterocycles. The van der Waals surface area contributed by atoms with Crippen LogP contribution in [-0.4, -0.2) is 25.1 Å². The van der Waals surface area contributed by atoms with Crippen molar-refractivity contribution >= 4 is 5.78 Å². The van der Waals surface area contributed by atoms with Crippen molar-refractivity contribution in [3.8, 4) is 5.75 Å². The van der Waals surface area contributed by atoms with E-state index >= 15 is 0 Å². The smallest absolute Gasteiger partial charge is 0.136 e. The van der Waals surface area contributed by atoms with Crippen LogP contribution in [0.25, 0.3) is 0 Å². The first kappa shape index (κ1) is 16.8. The van der Waals surface area contributed by atoms with Crippen LogP contribution in [0.15, 0.2) is 12.1 Å². The van der Waals surface area contributed by atoms with Crippen molar-refractivity contribution in [1.82, 2.24) is 0 Å². The largest absolute Gasteiger partial charge is 0.486 e. The molecule has 3 heteroatoms. The maximum atomic E-state index is 12.6. The van der Waals surface area contributed by atoms with Crippen LogP contribution in [0.4, 0.5) is 0 Å². The van der Waals surface area contributed by atoms with Gasteiger partial charge >= 0.3 is 0 Å². The third kappa shape index (κ3) is 1.72. The van der Waals surface area contributed by atoms with E-state index in [9.17, 15) is 4.79 Å². The van der Waals surface area contributed by atoms with Crippen molar-refractivity contribution < 1.29 is 14.3 Å². The van der Waals surface area contributed by atoms with Crippen LogP contribution in [-0.2, 0) is 27.8 Å². The second-order valence-electron chi connectivity index (χ2n) is 9.28. The fraction of sp³-hybridized carbons (Fsp3) is 0.696. The van der Waals surface area contributed by atoms with Crippen LogP contribution >= 0.6 is 0 Å². The molecule has 1 aromatic rings. The van der Waals surface area contributed by atoms with Gasteiger partial charge in [0.05, 0.1) is 0 Å². The zero-order valence-corrected chi connectivity index (χ0v) is 16.4. The van der Waals surface area contributed by atoms with Crippen molar-refractivity contribution in [1.29, 1.82) is 0 Å². The number of rotatable bonds is 3. The van der Waals surface area contributed by atoms with E-state index in [1.165, 1.54) is 36.0 Å². The summed E-state index contributed by atoms with van der Waals surface area (Å²) in [6, 6.07) is 4.63. The summed E-state index contributed by atoms with van der Waals surface area (Å²) in [5.74, 6) is 1.98. The molecular weight excluding hydrogens is 324 g/mol. The van der Waals surface area contributed by atoms with Crippen molar-refractivity contribution in [2.24, 2.45) is 17.3 Å². The van der Waals surface area contributed by atoms with E-state index in [1.54, 1.807) is 14.0 Å². The van der Waals surface area contributed by atoms with Gasteiger partial charge in [0.1, 0.15) is 23.7 Å². The minimum atomic E-state index is -0.137. The Morgan fingerprint density at radius 3 is 2.88 bits per heavy atom. The molecule has 3 nitrogen and oxygen atoms in total. The van der Waals surface area contributed by atoms with E-state index in [4.69, 9.17) is 9.47 Å². The fourth-order valence-corrected chi connectivity index (χ4v) is 7.32. The third-order valence-corrected chi connectivity index (χ3v) is 8.53. The van der Waals surface area contributed by atoms with E-state index in [1.807, 2.05) is 0 Å². The number of Topliss-reactive ketones (excluding diaryl/α,β-unsaturated/α-hetero) is 1. The summed E-state index contributed by atoms with van der Waals surface area (Å²) in [6.07, 6.45) is 6.62. The monoisotopic (exact) mass is 354 g/mol. The first-order chi connectivity index (χ1) is 12.5. The summed E-state index contributed by atoms with van der Waals surface area (Å²) in [4.78, 5) is 12.6. The molecule has 1 aromatic carbocycles. The highest BCUT2D eigenvalue weighted by molar-refractivity contribution is 5.80. The summed E-state index contributed by atoms with van der Waals surface area (Å²) in [7, 11) is 1.76. The number of methoxy groups -OCH3 is 1. The Bertz CT molecular complexity index is 784. The first-order valence-electron chi connectivity index (χ1n) is 10.3. The minimum absolute atomic E-state index is 0.0234. The normalized spacial score (nSPS) is 42.2. The van der Waals surface area contributed by atoms with E-state index < -0.39 is 0 Å². The van der Waals surface area contributed by atoms with Crippen molar-refractivity contribution in [2.75, 3.05) is 7.11 Å². The van der Waals surface area contributed by atoms with Gasteiger partial charge in [0, 0.05) is 24.0 Å². The quantitative estimate of drug-likeness (QED) is 0.815. The second-order valence-corrected chi connectivity index (χ2v) is 9.28.